The molecule has 3 nitrogen and oxygen atoms in total. The van der Waals surface area contributed by atoms with Crippen LogP contribution in [0.5, 0.6) is 11.5 Å². The van der Waals surface area contributed by atoms with Gasteiger partial charge in [-0.15, -0.1) is 11.3 Å². The van der Waals surface area contributed by atoms with Gasteiger partial charge in [-0.1, -0.05) is 12.1 Å². The van der Waals surface area contributed by atoms with Crippen molar-refractivity contribution < 1.29 is 10.2 Å². The highest BCUT2D eigenvalue weighted by Crippen LogP contribution is 2.44. The van der Waals surface area contributed by atoms with Gasteiger partial charge in [0.15, 0.2) is 11.5 Å². The number of aromatic hydroxyl groups is 2. The molecule has 2 atom stereocenters. The van der Waals surface area contributed by atoms with Crippen LogP contribution in [0, 0.1) is 0 Å². The molecule has 0 spiro atoms. The normalized spacial score (nSPS) is 18.9. The van der Waals surface area contributed by atoms with Crippen molar-refractivity contribution in [3.05, 3.63) is 45.6 Å². The van der Waals surface area contributed by atoms with E-state index in [-0.39, 0.29) is 11.5 Å². The Bertz CT molecular complexity index is 624. The first kappa shape index (κ1) is 15.4. The zero-order valence-electron chi connectivity index (χ0n) is 12.9. The molecule has 0 fully saturated rings. The van der Waals surface area contributed by atoms with E-state index < -0.39 is 0 Å². The number of nitrogens with one attached hydrogen (secondary N) is 1. The molecule has 0 saturated heterocycles. The second-order valence-electron chi connectivity index (χ2n) is 6.10. The number of phenolic OH excluding ortho intramolecular Hbond substituents is 2. The fourth-order valence-corrected chi connectivity index (χ4v) is 4.47. The van der Waals surface area contributed by atoms with Gasteiger partial charge in [0.2, 0.25) is 0 Å². The molecule has 2 unspecified atom stereocenters. The summed E-state index contributed by atoms with van der Waals surface area (Å²) in [6, 6.07) is 7.95. The lowest BCUT2D eigenvalue weighted by molar-refractivity contribution is 0.389. The van der Waals surface area contributed by atoms with E-state index in [1.165, 1.54) is 10.4 Å². The van der Waals surface area contributed by atoms with E-state index in [0.717, 1.165) is 37.8 Å². The first-order valence-electron chi connectivity index (χ1n) is 7.92. The summed E-state index contributed by atoms with van der Waals surface area (Å²) in [5.41, 5.74) is 2.17. The van der Waals surface area contributed by atoms with Crippen LogP contribution in [-0.2, 0) is 6.42 Å². The third-order valence-corrected chi connectivity index (χ3v) is 5.72. The molecule has 0 radical (unpaired) electrons. The monoisotopic (exact) mass is 317 g/mol. The zero-order chi connectivity index (χ0) is 15.5. The summed E-state index contributed by atoms with van der Waals surface area (Å²) in [5.74, 6) is 1.04. The summed E-state index contributed by atoms with van der Waals surface area (Å²) in [7, 11) is 2.00. The number of likely N-dealkylation sites (N-methyl/N-ethyl adjacent to an activating group) is 1. The molecule has 1 aliphatic rings. The second kappa shape index (κ2) is 6.71. The Labute approximate surface area is 135 Å². The van der Waals surface area contributed by atoms with Gasteiger partial charge in [0.05, 0.1) is 0 Å². The van der Waals surface area contributed by atoms with Crippen molar-refractivity contribution >= 4 is 11.3 Å². The third kappa shape index (κ3) is 2.99. The minimum Gasteiger partial charge on any atom is -0.504 e. The van der Waals surface area contributed by atoms with Gasteiger partial charge in [0.25, 0.3) is 0 Å². The molecule has 4 heteroatoms. The Morgan fingerprint density at radius 2 is 2.18 bits per heavy atom. The van der Waals surface area contributed by atoms with Crippen molar-refractivity contribution in [2.45, 2.75) is 37.5 Å². The number of benzene rings is 1. The Morgan fingerprint density at radius 3 is 2.91 bits per heavy atom. The van der Waals surface area contributed by atoms with Gasteiger partial charge >= 0.3 is 0 Å². The fourth-order valence-electron chi connectivity index (χ4n) is 3.62. The van der Waals surface area contributed by atoms with Gasteiger partial charge in [0, 0.05) is 22.9 Å². The summed E-state index contributed by atoms with van der Waals surface area (Å²) in [6.45, 7) is 0.969. The SMILES string of the molecule is CNCC(CC1CCCc2c1ccc(O)c2O)c1cccs1. The molecular weight excluding hydrogens is 294 g/mol. The molecule has 1 aromatic heterocycles. The van der Waals surface area contributed by atoms with Crippen LogP contribution in [0.15, 0.2) is 29.6 Å². The van der Waals surface area contributed by atoms with E-state index in [9.17, 15) is 10.2 Å². The van der Waals surface area contributed by atoms with Crippen molar-refractivity contribution in [2.75, 3.05) is 13.6 Å². The second-order valence-corrected chi connectivity index (χ2v) is 7.08. The number of hydrogen-bond acceptors (Lipinski definition) is 4. The van der Waals surface area contributed by atoms with Crippen molar-refractivity contribution in [3.8, 4) is 11.5 Å². The maximum Gasteiger partial charge on any atom is 0.160 e. The lowest BCUT2D eigenvalue weighted by Crippen LogP contribution is -2.20. The quantitative estimate of drug-likeness (QED) is 0.731. The highest BCUT2D eigenvalue weighted by Gasteiger charge is 2.27. The van der Waals surface area contributed by atoms with Gasteiger partial charge in [-0.25, -0.2) is 0 Å². The molecule has 22 heavy (non-hydrogen) atoms. The van der Waals surface area contributed by atoms with E-state index in [0.29, 0.717) is 11.8 Å². The van der Waals surface area contributed by atoms with Crippen LogP contribution < -0.4 is 5.32 Å². The number of fused-ring (bicyclic) bond motifs is 1. The van der Waals surface area contributed by atoms with Gasteiger partial charge in [-0.05, 0) is 61.7 Å². The van der Waals surface area contributed by atoms with E-state index in [4.69, 9.17) is 0 Å². The lowest BCUT2D eigenvalue weighted by atomic mass is 9.77. The van der Waals surface area contributed by atoms with E-state index in [1.807, 2.05) is 24.5 Å². The summed E-state index contributed by atoms with van der Waals surface area (Å²) in [6.07, 6.45) is 4.18. The number of thiophene rings is 1. The average molecular weight is 317 g/mol. The lowest BCUT2D eigenvalue weighted by Gasteiger charge is -2.29. The van der Waals surface area contributed by atoms with Crippen LogP contribution in [0.4, 0.5) is 0 Å². The van der Waals surface area contributed by atoms with E-state index >= 15 is 0 Å². The molecule has 3 N–H and O–H groups in total. The van der Waals surface area contributed by atoms with Gasteiger partial charge < -0.3 is 15.5 Å². The predicted molar refractivity (Wildman–Crippen MR) is 91.1 cm³/mol. The average Bonchev–Trinajstić information content (AvgIpc) is 3.05. The molecule has 2 aromatic rings. The summed E-state index contributed by atoms with van der Waals surface area (Å²) in [5, 5.41) is 25.3. The smallest absolute Gasteiger partial charge is 0.160 e. The largest absolute Gasteiger partial charge is 0.504 e. The first-order chi connectivity index (χ1) is 10.7. The van der Waals surface area contributed by atoms with Crippen LogP contribution in [0.2, 0.25) is 0 Å². The van der Waals surface area contributed by atoms with E-state index in [2.05, 4.69) is 22.8 Å². The highest BCUT2D eigenvalue weighted by atomic mass is 32.1. The molecular formula is C18H23NO2S. The van der Waals surface area contributed by atoms with Crippen LogP contribution in [0.3, 0.4) is 0 Å². The van der Waals surface area contributed by atoms with Crippen molar-refractivity contribution in [1.82, 2.24) is 5.32 Å². The Kier molecular flexibility index (Phi) is 4.69. The Hall–Kier alpha value is -1.52. The van der Waals surface area contributed by atoms with Gasteiger partial charge in [-0.3, -0.25) is 0 Å². The summed E-state index contributed by atoms with van der Waals surface area (Å²) in [4.78, 5) is 1.42. The minimum absolute atomic E-state index is 0.00410. The van der Waals surface area contributed by atoms with E-state index in [1.54, 1.807) is 6.07 Å². The number of rotatable bonds is 5. The fraction of sp³-hybridized carbons (Fsp3) is 0.444. The minimum atomic E-state index is 0.00410. The van der Waals surface area contributed by atoms with Crippen LogP contribution >= 0.6 is 11.3 Å². The maximum absolute atomic E-state index is 10.1. The topological polar surface area (TPSA) is 52.5 Å². The molecule has 0 aliphatic heterocycles. The van der Waals surface area contributed by atoms with Crippen LogP contribution in [0.25, 0.3) is 0 Å². The predicted octanol–water partition coefficient (Wildman–Crippen LogP) is 3.97. The zero-order valence-corrected chi connectivity index (χ0v) is 13.7. The molecule has 0 amide bonds. The molecule has 3 rings (SSSR count). The molecule has 0 saturated carbocycles. The van der Waals surface area contributed by atoms with Gasteiger partial charge in [0.1, 0.15) is 0 Å². The van der Waals surface area contributed by atoms with Crippen LogP contribution in [-0.4, -0.2) is 23.8 Å². The van der Waals surface area contributed by atoms with Crippen molar-refractivity contribution in [1.29, 1.82) is 0 Å². The Balaban J connectivity index is 1.86. The number of hydrogen-bond donors (Lipinski definition) is 3. The molecule has 118 valence electrons. The summed E-state index contributed by atoms with van der Waals surface area (Å²) < 4.78 is 0. The molecule has 0 bridgehead atoms. The van der Waals surface area contributed by atoms with Crippen LogP contribution in [0.1, 0.15) is 47.1 Å². The third-order valence-electron chi connectivity index (χ3n) is 4.68. The Morgan fingerprint density at radius 1 is 1.32 bits per heavy atom. The first-order valence-corrected chi connectivity index (χ1v) is 8.80. The molecule has 1 aliphatic carbocycles. The molecule has 1 aromatic carbocycles. The maximum atomic E-state index is 10.1. The molecule has 1 heterocycles. The summed E-state index contributed by atoms with van der Waals surface area (Å²) >= 11 is 1.82. The number of phenols is 2. The van der Waals surface area contributed by atoms with Crippen molar-refractivity contribution in [3.63, 3.8) is 0 Å². The van der Waals surface area contributed by atoms with Gasteiger partial charge in [-0.2, -0.15) is 0 Å². The standard InChI is InChI=1S/C18H23NO2S/c1-19-11-13(17-6-3-9-22-17)10-12-4-2-5-15-14(12)7-8-16(20)18(15)21/h3,6-9,12-13,19-21H,2,4-5,10-11H2,1H3. The van der Waals surface area contributed by atoms with Crippen molar-refractivity contribution in [2.24, 2.45) is 0 Å². The highest BCUT2D eigenvalue weighted by molar-refractivity contribution is 7.10.